The van der Waals surface area contributed by atoms with Gasteiger partial charge in [-0.25, -0.2) is 0 Å². The van der Waals surface area contributed by atoms with Crippen molar-refractivity contribution in [1.82, 2.24) is 0 Å². The molecule has 0 radical (unpaired) electrons. The summed E-state index contributed by atoms with van der Waals surface area (Å²) in [5.41, 5.74) is 8.53. The minimum absolute atomic E-state index is 0.0255. The maximum Gasteiger partial charge on any atom is 0.125 e. The summed E-state index contributed by atoms with van der Waals surface area (Å²) in [6, 6.07) is 6.81. The molecule has 2 N–H and O–H groups in total. The highest BCUT2D eigenvalue weighted by molar-refractivity contribution is 5.61. The molecule has 3 nitrogen and oxygen atoms in total. The molecule has 1 aliphatic rings. The molecule has 0 saturated heterocycles. The first kappa shape index (κ1) is 15.2. The van der Waals surface area contributed by atoms with Crippen molar-refractivity contribution in [2.75, 3.05) is 19.1 Å². The molecule has 0 spiro atoms. The van der Waals surface area contributed by atoms with Gasteiger partial charge in [0.2, 0.25) is 0 Å². The number of nitrogens with two attached hydrogens (primary N) is 1. The summed E-state index contributed by atoms with van der Waals surface area (Å²) < 4.78 is 5.50. The van der Waals surface area contributed by atoms with Crippen molar-refractivity contribution in [1.29, 1.82) is 0 Å². The van der Waals surface area contributed by atoms with E-state index in [4.69, 9.17) is 10.5 Å². The number of rotatable bonds is 4. The van der Waals surface area contributed by atoms with Gasteiger partial charge in [-0.15, -0.1) is 0 Å². The predicted molar refractivity (Wildman–Crippen MR) is 85.4 cm³/mol. The molecular weight excluding hydrogens is 248 g/mol. The molecule has 1 aliphatic carbocycles. The van der Waals surface area contributed by atoms with E-state index < -0.39 is 0 Å². The van der Waals surface area contributed by atoms with Crippen molar-refractivity contribution in [2.45, 2.75) is 51.6 Å². The highest BCUT2D eigenvalue weighted by Crippen LogP contribution is 2.37. The van der Waals surface area contributed by atoms with Crippen LogP contribution in [0.4, 0.5) is 5.69 Å². The maximum absolute atomic E-state index is 6.19. The zero-order valence-electron chi connectivity index (χ0n) is 13.2. The lowest BCUT2D eigenvalue weighted by atomic mass is 9.84. The molecule has 3 atom stereocenters. The van der Waals surface area contributed by atoms with Crippen molar-refractivity contribution in [2.24, 2.45) is 11.7 Å². The van der Waals surface area contributed by atoms with E-state index in [2.05, 4.69) is 31.0 Å². The topological polar surface area (TPSA) is 38.5 Å². The second-order valence-corrected chi connectivity index (χ2v) is 6.12. The molecule has 1 aromatic carbocycles. The Hall–Kier alpha value is -1.22. The summed E-state index contributed by atoms with van der Waals surface area (Å²) in [5, 5.41) is 0. The van der Waals surface area contributed by atoms with Gasteiger partial charge in [0.15, 0.2) is 0 Å². The van der Waals surface area contributed by atoms with Gasteiger partial charge < -0.3 is 15.4 Å². The summed E-state index contributed by atoms with van der Waals surface area (Å²) in [6.07, 6.45) is 5.29. The molecule has 1 aromatic rings. The zero-order valence-corrected chi connectivity index (χ0v) is 13.2. The van der Waals surface area contributed by atoms with E-state index in [-0.39, 0.29) is 6.04 Å². The van der Waals surface area contributed by atoms with E-state index in [0.717, 1.165) is 17.2 Å². The van der Waals surface area contributed by atoms with Gasteiger partial charge in [0, 0.05) is 30.4 Å². The molecule has 1 saturated carbocycles. The summed E-state index contributed by atoms with van der Waals surface area (Å²) in [4.78, 5) is 2.42. The third kappa shape index (κ3) is 2.93. The van der Waals surface area contributed by atoms with E-state index in [1.165, 1.54) is 31.4 Å². The second-order valence-electron chi connectivity index (χ2n) is 6.12. The molecule has 0 heterocycles. The first-order valence-corrected chi connectivity index (χ1v) is 7.71. The lowest BCUT2D eigenvalue weighted by molar-refractivity contribution is 0.321. The Morgan fingerprint density at radius 3 is 2.60 bits per heavy atom. The van der Waals surface area contributed by atoms with Gasteiger partial charge in [0.1, 0.15) is 5.75 Å². The second kappa shape index (κ2) is 6.49. The van der Waals surface area contributed by atoms with E-state index in [1.807, 2.05) is 13.0 Å². The minimum atomic E-state index is -0.0255. The monoisotopic (exact) mass is 276 g/mol. The van der Waals surface area contributed by atoms with E-state index in [0.29, 0.717) is 6.04 Å². The Labute approximate surface area is 123 Å². The minimum Gasteiger partial charge on any atom is -0.496 e. The van der Waals surface area contributed by atoms with E-state index in [1.54, 1.807) is 7.11 Å². The van der Waals surface area contributed by atoms with Gasteiger partial charge in [0.25, 0.3) is 0 Å². The quantitative estimate of drug-likeness (QED) is 0.910. The van der Waals surface area contributed by atoms with Crippen LogP contribution in [0.5, 0.6) is 5.75 Å². The van der Waals surface area contributed by atoms with Crippen LogP contribution < -0.4 is 15.4 Å². The highest BCUT2D eigenvalue weighted by Gasteiger charge is 2.27. The molecular formula is C17H28N2O. The van der Waals surface area contributed by atoms with Crippen LogP contribution in [0.2, 0.25) is 0 Å². The van der Waals surface area contributed by atoms with Gasteiger partial charge in [-0.05, 0) is 37.8 Å². The summed E-state index contributed by atoms with van der Waals surface area (Å²) >= 11 is 0. The van der Waals surface area contributed by atoms with Gasteiger partial charge in [-0.2, -0.15) is 0 Å². The summed E-state index contributed by atoms with van der Waals surface area (Å²) in [5.74, 6) is 1.63. The van der Waals surface area contributed by atoms with Crippen LogP contribution in [0.1, 0.15) is 51.1 Å². The molecule has 112 valence electrons. The Morgan fingerprint density at radius 2 is 2.00 bits per heavy atom. The van der Waals surface area contributed by atoms with Crippen LogP contribution in [-0.4, -0.2) is 20.2 Å². The maximum atomic E-state index is 6.19. The number of methoxy groups -OCH3 is 1. The molecule has 0 bridgehead atoms. The third-order valence-corrected chi connectivity index (χ3v) is 4.66. The van der Waals surface area contributed by atoms with Gasteiger partial charge >= 0.3 is 0 Å². The molecule has 1 fully saturated rings. The van der Waals surface area contributed by atoms with Crippen molar-refractivity contribution in [3.63, 3.8) is 0 Å². The lowest BCUT2D eigenvalue weighted by Gasteiger charge is -2.39. The SMILES string of the molecule is COc1cccc(N(C)C2CCCCC2C)c1[C@@H](C)N. The number of ether oxygens (including phenoxy) is 1. The Bertz CT molecular complexity index is 445. The van der Waals surface area contributed by atoms with Gasteiger partial charge in [-0.3, -0.25) is 0 Å². The number of hydrogen-bond acceptors (Lipinski definition) is 3. The average molecular weight is 276 g/mol. The average Bonchev–Trinajstić information content (AvgIpc) is 2.46. The predicted octanol–water partition coefficient (Wildman–Crippen LogP) is 3.73. The molecule has 2 rings (SSSR count). The van der Waals surface area contributed by atoms with Crippen LogP contribution in [-0.2, 0) is 0 Å². The third-order valence-electron chi connectivity index (χ3n) is 4.66. The summed E-state index contributed by atoms with van der Waals surface area (Å²) in [7, 11) is 3.92. The van der Waals surface area contributed by atoms with Crippen molar-refractivity contribution in [3.05, 3.63) is 23.8 Å². The Morgan fingerprint density at radius 1 is 1.30 bits per heavy atom. The Kier molecular flexibility index (Phi) is 4.92. The fourth-order valence-electron chi connectivity index (χ4n) is 3.53. The number of hydrogen-bond donors (Lipinski definition) is 1. The van der Waals surface area contributed by atoms with Crippen molar-refractivity contribution >= 4 is 5.69 Å². The van der Waals surface area contributed by atoms with Crippen LogP contribution in [0.3, 0.4) is 0 Å². The molecule has 0 aromatic heterocycles. The van der Waals surface area contributed by atoms with Gasteiger partial charge in [-0.1, -0.05) is 25.8 Å². The Balaban J connectivity index is 2.35. The summed E-state index contributed by atoms with van der Waals surface area (Å²) in [6.45, 7) is 4.39. The van der Waals surface area contributed by atoms with Crippen LogP contribution in [0.25, 0.3) is 0 Å². The molecule has 2 unspecified atom stereocenters. The van der Waals surface area contributed by atoms with Gasteiger partial charge in [0.05, 0.1) is 7.11 Å². The normalized spacial score (nSPS) is 24.2. The number of nitrogens with zero attached hydrogens (tertiary/aromatic N) is 1. The zero-order chi connectivity index (χ0) is 14.7. The number of anilines is 1. The molecule has 20 heavy (non-hydrogen) atoms. The van der Waals surface area contributed by atoms with Crippen LogP contribution in [0, 0.1) is 5.92 Å². The van der Waals surface area contributed by atoms with Crippen molar-refractivity contribution < 1.29 is 4.74 Å². The fraction of sp³-hybridized carbons (Fsp3) is 0.647. The van der Waals surface area contributed by atoms with Crippen molar-refractivity contribution in [3.8, 4) is 5.75 Å². The highest BCUT2D eigenvalue weighted by atomic mass is 16.5. The lowest BCUT2D eigenvalue weighted by Crippen LogP contribution is -2.39. The standard InChI is InChI=1S/C17H28N2O/c1-12-8-5-6-9-14(12)19(3)15-10-7-11-16(20-4)17(15)13(2)18/h7,10-14H,5-6,8-9,18H2,1-4H3/t12?,13-,14?/m1/s1. The van der Waals surface area contributed by atoms with E-state index in [9.17, 15) is 0 Å². The molecule has 0 aliphatic heterocycles. The smallest absolute Gasteiger partial charge is 0.125 e. The molecule has 0 amide bonds. The van der Waals surface area contributed by atoms with Crippen LogP contribution in [0.15, 0.2) is 18.2 Å². The molecule has 3 heteroatoms. The first-order valence-electron chi connectivity index (χ1n) is 7.71. The fourth-order valence-corrected chi connectivity index (χ4v) is 3.53. The van der Waals surface area contributed by atoms with E-state index >= 15 is 0 Å². The number of benzene rings is 1. The largest absolute Gasteiger partial charge is 0.496 e. The van der Waals surface area contributed by atoms with Crippen LogP contribution >= 0.6 is 0 Å². The first-order chi connectivity index (χ1) is 9.56.